The molecular formula is C7H15Cl2N5. The van der Waals surface area contributed by atoms with Crippen LogP contribution in [0.2, 0.25) is 0 Å². The number of anilines is 1. The third-order valence-corrected chi connectivity index (χ3v) is 2.03. The Balaban J connectivity index is 0.000000845. The summed E-state index contributed by atoms with van der Waals surface area (Å²) in [6, 6.07) is 0. The molecule has 0 spiro atoms. The largest absolute Gasteiger partial charge is 0.351 e. The van der Waals surface area contributed by atoms with Crippen LogP contribution in [0.3, 0.4) is 0 Å². The lowest BCUT2D eigenvalue weighted by molar-refractivity contribution is 0.578. The fourth-order valence-electron chi connectivity index (χ4n) is 1.37. The molecule has 1 aromatic heterocycles. The van der Waals surface area contributed by atoms with Crippen molar-refractivity contribution in [2.75, 3.05) is 31.1 Å². The molecule has 5 nitrogen and oxygen atoms in total. The highest BCUT2D eigenvalue weighted by atomic mass is 35.5. The number of aryl methyl sites for hydroxylation is 1. The summed E-state index contributed by atoms with van der Waals surface area (Å²) in [5.74, 6) is 0.985. The van der Waals surface area contributed by atoms with Crippen LogP contribution in [0, 0.1) is 0 Å². The third kappa shape index (κ3) is 3.01. The molecule has 0 atom stereocenters. The molecule has 0 bridgehead atoms. The molecule has 0 amide bonds. The van der Waals surface area contributed by atoms with Gasteiger partial charge in [0.1, 0.15) is 0 Å². The SMILES string of the molecule is Cl.Cl.Cn1ncc(N2CCNCC2)n1. The Hall–Kier alpha value is -0.520. The quantitative estimate of drug-likeness (QED) is 0.754. The van der Waals surface area contributed by atoms with Crippen LogP contribution in [0.1, 0.15) is 0 Å². The van der Waals surface area contributed by atoms with Crippen molar-refractivity contribution < 1.29 is 0 Å². The normalized spacial score (nSPS) is 15.6. The van der Waals surface area contributed by atoms with Crippen LogP contribution >= 0.6 is 24.8 Å². The minimum absolute atomic E-state index is 0. The van der Waals surface area contributed by atoms with E-state index in [0.717, 1.165) is 32.0 Å². The van der Waals surface area contributed by atoms with Crippen LogP contribution < -0.4 is 10.2 Å². The average Bonchev–Trinajstić information content (AvgIpc) is 2.54. The number of nitrogens with one attached hydrogen (secondary N) is 1. The van der Waals surface area contributed by atoms with Gasteiger partial charge < -0.3 is 10.2 Å². The molecule has 0 aliphatic carbocycles. The highest BCUT2D eigenvalue weighted by Crippen LogP contribution is 2.07. The minimum atomic E-state index is 0. The smallest absolute Gasteiger partial charge is 0.171 e. The molecule has 2 heterocycles. The highest BCUT2D eigenvalue weighted by Gasteiger charge is 2.12. The Labute approximate surface area is 95.7 Å². The zero-order chi connectivity index (χ0) is 8.39. The highest BCUT2D eigenvalue weighted by molar-refractivity contribution is 5.85. The van der Waals surface area contributed by atoms with Crippen molar-refractivity contribution in [1.29, 1.82) is 0 Å². The number of halogens is 2. The van der Waals surface area contributed by atoms with Gasteiger partial charge in [-0.1, -0.05) is 0 Å². The van der Waals surface area contributed by atoms with Crippen LogP contribution in [0.5, 0.6) is 0 Å². The van der Waals surface area contributed by atoms with E-state index in [-0.39, 0.29) is 24.8 Å². The third-order valence-electron chi connectivity index (χ3n) is 2.03. The van der Waals surface area contributed by atoms with Gasteiger partial charge in [0.2, 0.25) is 0 Å². The zero-order valence-electron chi connectivity index (χ0n) is 8.01. The lowest BCUT2D eigenvalue weighted by Crippen LogP contribution is -2.43. The van der Waals surface area contributed by atoms with Gasteiger partial charge in [0.25, 0.3) is 0 Å². The van der Waals surface area contributed by atoms with Crippen LogP contribution in [0.4, 0.5) is 5.82 Å². The molecule has 14 heavy (non-hydrogen) atoms. The number of hydrogen-bond donors (Lipinski definition) is 1. The van der Waals surface area contributed by atoms with Crippen molar-refractivity contribution in [2.24, 2.45) is 7.05 Å². The number of piperazine rings is 1. The fraction of sp³-hybridized carbons (Fsp3) is 0.714. The van der Waals surface area contributed by atoms with E-state index in [4.69, 9.17) is 0 Å². The van der Waals surface area contributed by atoms with Crippen molar-refractivity contribution >= 4 is 30.6 Å². The maximum atomic E-state index is 4.24. The van der Waals surface area contributed by atoms with E-state index in [0.29, 0.717) is 0 Å². The Morgan fingerprint density at radius 1 is 1.29 bits per heavy atom. The van der Waals surface area contributed by atoms with Crippen LogP contribution in [-0.4, -0.2) is 41.2 Å². The van der Waals surface area contributed by atoms with E-state index in [1.54, 1.807) is 4.80 Å². The van der Waals surface area contributed by atoms with Crippen molar-refractivity contribution in [2.45, 2.75) is 0 Å². The van der Waals surface area contributed by atoms with E-state index >= 15 is 0 Å². The minimum Gasteiger partial charge on any atom is -0.351 e. The van der Waals surface area contributed by atoms with Crippen molar-refractivity contribution in [3.8, 4) is 0 Å². The molecule has 0 saturated carbocycles. The van der Waals surface area contributed by atoms with Gasteiger partial charge in [0, 0.05) is 33.2 Å². The molecule has 1 aliphatic rings. The van der Waals surface area contributed by atoms with E-state index in [9.17, 15) is 0 Å². The Kier molecular flexibility index (Phi) is 5.83. The lowest BCUT2D eigenvalue weighted by Gasteiger charge is -2.26. The van der Waals surface area contributed by atoms with Crippen molar-refractivity contribution in [3.63, 3.8) is 0 Å². The molecule has 1 N–H and O–H groups in total. The van der Waals surface area contributed by atoms with Gasteiger partial charge in [-0.05, 0) is 0 Å². The second-order valence-electron chi connectivity index (χ2n) is 2.93. The Morgan fingerprint density at radius 3 is 2.43 bits per heavy atom. The Morgan fingerprint density at radius 2 is 1.93 bits per heavy atom. The summed E-state index contributed by atoms with van der Waals surface area (Å²) in [6.45, 7) is 4.13. The van der Waals surface area contributed by atoms with Crippen LogP contribution in [0.25, 0.3) is 0 Å². The molecule has 1 saturated heterocycles. The topological polar surface area (TPSA) is 46.0 Å². The molecule has 1 aromatic rings. The van der Waals surface area contributed by atoms with E-state index in [1.807, 2.05) is 13.2 Å². The monoisotopic (exact) mass is 239 g/mol. The van der Waals surface area contributed by atoms with Crippen LogP contribution in [0.15, 0.2) is 6.20 Å². The number of rotatable bonds is 1. The second-order valence-corrected chi connectivity index (χ2v) is 2.93. The summed E-state index contributed by atoms with van der Waals surface area (Å²) in [4.78, 5) is 3.83. The molecule has 82 valence electrons. The predicted octanol–water partition coefficient (Wildman–Crippen LogP) is 0.0683. The Bertz CT molecular complexity index is 258. The molecule has 0 radical (unpaired) electrons. The summed E-state index contributed by atoms with van der Waals surface area (Å²) in [7, 11) is 1.84. The van der Waals surface area contributed by atoms with E-state index in [1.165, 1.54) is 0 Å². The summed E-state index contributed by atoms with van der Waals surface area (Å²) < 4.78 is 0. The summed E-state index contributed by atoms with van der Waals surface area (Å²) in [5, 5.41) is 11.6. The summed E-state index contributed by atoms with van der Waals surface area (Å²) in [6.07, 6.45) is 1.81. The molecule has 2 rings (SSSR count). The second kappa shape index (κ2) is 6.06. The van der Waals surface area contributed by atoms with Gasteiger partial charge in [-0.15, -0.1) is 29.9 Å². The molecule has 7 heteroatoms. The maximum Gasteiger partial charge on any atom is 0.171 e. The average molecular weight is 240 g/mol. The van der Waals surface area contributed by atoms with Crippen molar-refractivity contribution in [3.05, 3.63) is 6.20 Å². The zero-order valence-corrected chi connectivity index (χ0v) is 9.64. The standard InChI is InChI=1S/C7H13N5.2ClH/c1-11-9-6-7(10-11)12-4-2-8-3-5-12;;/h6,8H,2-5H2,1H3;2*1H. The first kappa shape index (κ1) is 13.5. The van der Waals surface area contributed by atoms with Gasteiger partial charge >= 0.3 is 0 Å². The van der Waals surface area contributed by atoms with E-state index in [2.05, 4.69) is 20.4 Å². The van der Waals surface area contributed by atoms with Gasteiger partial charge in [0.05, 0.1) is 6.20 Å². The van der Waals surface area contributed by atoms with Gasteiger partial charge in [-0.25, -0.2) is 0 Å². The molecule has 1 fully saturated rings. The molecule has 0 unspecified atom stereocenters. The number of nitrogens with zero attached hydrogens (tertiary/aromatic N) is 4. The van der Waals surface area contributed by atoms with Gasteiger partial charge in [-0.3, -0.25) is 0 Å². The fourth-order valence-corrected chi connectivity index (χ4v) is 1.37. The number of hydrogen-bond acceptors (Lipinski definition) is 4. The molecular weight excluding hydrogens is 225 g/mol. The first-order chi connectivity index (χ1) is 5.86. The molecule has 1 aliphatic heterocycles. The maximum absolute atomic E-state index is 4.24. The van der Waals surface area contributed by atoms with Gasteiger partial charge in [-0.2, -0.15) is 9.90 Å². The van der Waals surface area contributed by atoms with Crippen molar-refractivity contribution in [1.82, 2.24) is 20.3 Å². The summed E-state index contributed by atoms with van der Waals surface area (Å²) in [5.41, 5.74) is 0. The first-order valence-corrected chi connectivity index (χ1v) is 4.18. The lowest BCUT2D eigenvalue weighted by atomic mass is 10.4. The molecule has 0 aromatic carbocycles. The number of aromatic nitrogens is 3. The first-order valence-electron chi connectivity index (χ1n) is 4.18. The predicted molar refractivity (Wildman–Crippen MR) is 60.6 cm³/mol. The summed E-state index contributed by atoms with van der Waals surface area (Å²) >= 11 is 0. The van der Waals surface area contributed by atoms with E-state index < -0.39 is 0 Å². The van der Waals surface area contributed by atoms with Gasteiger partial charge in [0.15, 0.2) is 5.82 Å². The van der Waals surface area contributed by atoms with Crippen LogP contribution in [-0.2, 0) is 7.05 Å².